The van der Waals surface area contributed by atoms with Gasteiger partial charge in [0.1, 0.15) is 0 Å². The van der Waals surface area contributed by atoms with Crippen LogP contribution >= 0.6 is 27.3 Å². The third-order valence-corrected chi connectivity index (χ3v) is 6.05. The molecule has 6 heteroatoms. The number of piperidine rings is 1. The van der Waals surface area contributed by atoms with Crippen LogP contribution in [0.15, 0.2) is 22.2 Å². The molecule has 21 heavy (non-hydrogen) atoms. The van der Waals surface area contributed by atoms with E-state index in [9.17, 15) is 0 Å². The van der Waals surface area contributed by atoms with Crippen LogP contribution in [0.1, 0.15) is 42.4 Å². The summed E-state index contributed by atoms with van der Waals surface area (Å²) >= 11 is 5.26. The fourth-order valence-electron chi connectivity index (χ4n) is 3.90. The van der Waals surface area contributed by atoms with Crippen molar-refractivity contribution in [2.75, 3.05) is 0 Å². The topological polar surface area (TPSA) is 34.0 Å². The van der Waals surface area contributed by atoms with Crippen LogP contribution < -0.4 is 0 Å². The Morgan fingerprint density at radius 3 is 2.62 bits per heavy atom. The molecule has 2 atom stereocenters. The quantitative estimate of drug-likeness (QED) is 0.828. The molecule has 0 amide bonds. The average Bonchev–Trinajstić information content (AvgIpc) is 3.11. The predicted octanol–water partition coefficient (Wildman–Crippen LogP) is 3.78. The second kappa shape index (κ2) is 5.48. The summed E-state index contributed by atoms with van der Waals surface area (Å²) in [6.07, 6.45) is 9.09. The van der Waals surface area contributed by atoms with Gasteiger partial charge in [-0.25, -0.2) is 4.98 Å². The van der Waals surface area contributed by atoms with Crippen molar-refractivity contribution < 1.29 is 0 Å². The highest BCUT2D eigenvalue weighted by molar-refractivity contribution is 9.10. The van der Waals surface area contributed by atoms with E-state index in [0.717, 1.165) is 11.0 Å². The van der Waals surface area contributed by atoms with E-state index in [1.54, 1.807) is 11.3 Å². The van der Waals surface area contributed by atoms with Crippen molar-refractivity contribution in [1.82, 2.24) is 19.7 Å². The molecule has 0 aliphatic carbocycles. The molecule has 2 saturated heterocycles. The highest BCUT2D eigenvalue weighted by Gasteiger charge is 2.41. The zero-order valence-corrected chi connectivity index (χ0v) is 14.5. The Bertz CT molecular complexity index is 623. The summed E-state index contributed by atoms with van der Waals surface area (Å²) in [5.41, 5.74) is 1.25. The molecule has 0 saturated carbocycles. The zero-order valence-electron chi connectivity index (χ0n) is 12.1. The largest absolute Gasteiger partial charge is 0.291 e. The molecule has 2 aliphatic heterocycles. The van der Waals surface area contributed by atoms with Gasteiger partial charge in [0.15, 0.2) is 0 Å². The maximum absolute atomic E-state index is 4.64. The van der Waals surface area contributed by atoms with E-state index in [1.165, 1.54) is 36.4 Å². The van der Waals surface area contributed by atoms with E-state index < -0.39 is 0 Å². The molecule has 112 valence electrons. The van der Waals surface area contributed by atoms with Crippen LogP contribution in [0.25, 0.3) is 0 Å². The molecule has 4 heterocycles. The lowest BCUT2D eigenvalue weighted by molar-refractivity contribution is 0.0940. The Labute approximate surface area is 137 Å². The van der Waals surface area contributed by atoms with Gasteiger partial charge in [-0.15, -0.1) is 11.3 Å². The van der Waals surface area contributed by atoms with E-state index >= 15 is 0 Å². The van der Waals surface area contributed by atoms with Crippen molar-refractivity contribution in [2.45, 2.75) is 57.3 Å². The minimum atomic E-state index is 0.558. The Hall–Kier alpha value is -0.720. The lowest BCUT2D eigenvalue weighted by Crippen LogP contribution is -2.43. The fraction of sp³-hybridized carbons (Fsp3) is 0.600. The molecular formula is C15H19BrN4S. The van der Waals surface area contributed by atoms with Gasteiger partial charge in [-0.3, -0.25) is 9.58 Å². The van der Waals surface area contributed by atoms with Gasteiger partial charge < -0.3 is 0 Å². The number of aryl methyl sites for hydroxylation is 1. The first-order valence-corrected chi connectivity index (χ1v) is 9.22. The van der Waals surface area contributed by atoms with Crippen molar-refractivity contribution in [2.24, 2.45) is 0 Å². The van der Waals surface area contributed by atoms with Crippen LogP contribution in [0.4, 0.5) is 0 Å². The SMILES string of the molecule is Cc1nc(CN2C3CCC2CC(n2cc(Br)cn2)C3)cs1. The summed E-state index contributed by atoms with van der Waals surface area (Å²) < 4.78 is 3.23. The van der Waals surface area contributed by atoms with E-state index in [4.69, 9.17) is 0 Å². The van der Waals surface area contributed by atoms with Gasteiger partial charge in [-0.1, -0.05) is 0 Å². The van der Waals surface area contributed by atoms with E-state index in [1.807, 2.05) is 6.20 Å². The molecule has 2 aromatic heterocycles. The molecule has 0 N–H and O–H groups in total. The summed E-state index contributed by atoms with van der Waals surface area (Å²) in [5, 5.41) is 7.88. The third-order valence-electron chi connectivity index (χ3n) is 4.81. The van der Waals surface area contributed by atoms with Gasteiger partial charge in [0.2, 0.25) is 0 Å². The number of halogens is 1. The summed E-state index contributed by atoms with van der Waals surface area (Å²) in [5.74, 6) is 0. The van der Waals surface area contributed by atoms with Gasteiger partial charge >= 0.3 is 0 Å². The second-order valence-electron chi connectivity index (χ2n) is 6.18. The number of hydrogen-bond donors (Lipinski definition) is 0. The summed E-state index contributed by atoms with van der Waals surface area (Å²) in [6.45, 7) is 3.11. The van der Waals surface area contributed by atoms with Gasteiger partial charge in [-0.05, 0) is 48.5 Å². The summed E-state index contributed by atoms with van der Waals surface area (Å²) in [7, 11) is 0. The van der Waals surface area contributed by atoms with Gasteiger partial charge in [0, 0.05) is 30.2 Å². The fourth-order valence-corrected chi connectivity index (χ4v) is 4.81. The molecule has 0 spiro atoms. The third kappa shape index (κ3) is 2.69. The number of aromatic nitrogens is 3. The molecule has 2 unspecified atom stereocenters. The van der Waals surface area contributed by atoms with Crippen molar-refractivity contribution >= 4 is 27.3 Å². The maximum Gasteiger partial charge on any atom is 0.0897 e. The van der Waals surface area contributed by atoms with Crippen LogP contribution in [0.2, 0.25) is 0 Å². The Morgan fingerprint density at radius 2 is 2.05 bits per heavy atom. The standard InChI is InChI=1S/C15H19BrN4S/c1-10-18-12(9-21-10)8-19-13-2-3-14(19)5-15(4-13)20-7-11(16)6-17-20/h6-7,9,13-15H,2-5,8H2,1H3. The number of thiazole rings is 1. The van der Waals surface area contributed by atoms with Gasteiger partial charge in [0.05, 0.1) is 27.4 Å². The first kappa shape index (κ1) is 13.9. The van der Waals surface area contributed by atoms with Crippen molar-refractivity contribution in [1.29, 1.82) is 0 Å². The number of hydrogen-bond acceptors (Lipinski definition) is 4. The van der Waals surface area contributed by atoms with E-state index in [2.05, 4.69) is 54.1 Å². The molecule has 2 aliphatic rings. The monoisotopic (exact) mass is 366 g/mol. The summed E-state index contributed by atoms with van der Waals surface area (Å²) in [4.78, 5) is 7.32. The van der Waals surface area contributed by atoms with Crippen LogP contribution in [0, 0.1) is 6.92 Å². The first-order chi connectivity index (χ1) is 10.2. The molecule has 0 aromatic carbocycles. The van der Waals surface area contributed by atoms with Gasteiger partial charge in [-0.2, -0.15) is 5.10 Å². The summed E-state index contributed by atoms with van der Waals surface area (Å²) in [6, 6.07) is 1.94. The molecule has 2 fully saturated rings. The average molecular weight is 367 g/mol. The highest BCUT2D eigenvalue weighted by atomic mass is 79.9. The van der Waals surface area contributed by atoms with Gasteiger partial charge in [0.25, 0.3) is 0 Å². The van der Waals surface area contributed by atoms with E-state index in [0.29, 0.717) is 18.1 Å². The Balaban J connectivity index is 1.48. The van der Waals surface area contributed by atoms with E-state index in [-0.39, 0.29) is 0 Å². The molecule has 0 radical (unpaired) electrons. The minimum Gasteiger partial charge on any atom is -0.291 e. The smallest absolute Gasteiger partial charge is 0.0897 e. The normalized spacial score (nSPS) is 29.1. The maximum atomic E-state index is 4.64. The minimum absolute atomic E-state index is 0.558. The van der Waals surface area contributed by atoms with Crippen molar-refractivity contribution in [3.63, 3.8) is 0 Å². The molecule has 2 bridgehead atoms. The lowest BCUT2D eigenvalue weighted by Gasteiger charge is -2.38. The Kier molecular flexibility index (Phi) is 3.63. The van der Waals surface area contributed by atoms with Crippen LogP contribution in [0.5, 0.6) is 0 Å². The second-order valence-corrected chi connectivity index (χ2v) is 8.16. The number of nitrogens with zero attached hydrogens (tertiary/aromatic N) is 4. The first-order valence-electron chi connectivity index (χ1n) is 7.55. The van der Waals surface area contributed by atoms with Crippen LogP contribution in [-0.4, -0.2) is 31.7 Å². The molecular weight excluding hydrogens is 348 g/mol. The lowest BCUT2D eigenvalue weighted by atomic mass is 9.97. The number of rotatable bonds is 3. The Morgan fingerprint density at radius 1 is 1.29 bits per heavy atom. The molecule has 2 aromatic rings. The molecule has 4 nitrogen and oxygen atoms in total. The van der Waals surface area contributed by atoms with Crippen LogP contribution in [0.3, 0.4) is 0 Å². The molecule has 4 rings (SSSR count). The predicted molar refractivity (Wildman–Crippen MR) is 87.4 cm³/mol. The van der Waals surface area contributed by atoms with Crippen molar-refractivity contribution in [3.05, 3.63) is 32.9 Å². The number of fused-ring (bicyclic) bond motifs is 2. The zero-order chi connectivity index (χ0) is 14.4. The van der Waals surface area contributed by atoms with Crippen molar-refractivity contribution in [3.8, 4) is 0 Å². The highest BCUT2D eigenvalue weighted by Crippen LogP contribution is 2.41. The van der Waals surface area contributed by atoms with Crippen LogP contribution in [-0.2, 0) is 6.54 Å².